The molecule has 8 heteroatoms. The third-order valence-electron chi connectivity index (χ3n) is 4.24. The number of pyridine rings is 1. The second-order valence-corrected chi connectivity index (χ2v) is 6.17. The molecule has 0 saturated heterocycles. The largest absolute Gasteiger partial charge is 0.269 e. The second kappa shape index (κ2) is 7.07. The summed E-state index contributed by atoms with van der Waals surface area (Å²) in [6.07, 6.45) is 1.72. The van der Waals surface area contributed by atoms with E-state index in [9.17, 15) is 13.6 Å². The predicted octanol–water partition coefficient (Wildman–Crippen LogP) is 3.74. The number of aryl methyl sites for hydroxylation is 1. The fourth-order valence-corrected chi connectivity index (χ4v) is 2.87. The van der Waals surface area contributed by atoms with E-state index in [2.05, 4.69) is 20.9 Å². The van der Waals surface area contributed by atoms with Crippen LogP contribution in [0.2, 0.25) is 0 Å². The minimum atomic E-state index is -0.576. The van der Waals surface area contributed by atoms with Crippen LogP contribution >= 0.6 is 0 Å². The topological polar surface area (TPSA) is 71.3 Å². The summed E-state index contributed by atoms with van der Waals surface area (Å²) in [5.41, 5.74) is 7.25. The smallest absolute Gasteiger partial charge is 0.267 e. The molecule has 2 heterocycles. The number of aromatic nitrogens is 3. The van der Waals surface area contributed by atoms with Crippen molar-refractivity contribution in [2.75, 3.05) is 5.43 Å². The standard InChI is InChI=1S/C20H15F2N5O/c1-12-10-14(21)6-8-15(12)16-7-5-13(11-17(16)22)19(28)24-25-20-23-18-4-2-3-9-27(18)26-20/h2-11H,1H3,(H,24,28)(H,25,26). The van der Waals surface area contributed by atoms with E-state index in [1.807, 2.05) is 6.07 Å². The van der Waals surface area contributed by atoms with Crippen LogP contribution in [0.5, 0.6) is 0 Å². The maximum atomic E-state index is 14.6. The summed E-state index contributed by atoms with van der Waals surface area (Å²) >= 11 is 0. The lowest BCUT2D eigenvalue weighted by Crippen LogP contribution is -2.30. The molecular formula is C20H15F2N5O. The number of benzene rings is 2. The number of hydrazine groups is 1. The van der Waals surface area contributed by atoms with Crippen LogP contribution < -0.4 is 10.9 Å². The molecule has 0 saturated carbocycles. The maximum Gasteiger partial charge on any atom is 0.269 e. The van der Waals surface area contributed by atoms with E-state index < -0.39 is 11.7 Å². The van der Waals surface area contributed by atoms with Crippen molar-refractivity contribution in [3.63, 3.8) is 0 Å². The third kappa shape index (κ3) is 3.39. The lowest BCUT2D eigenvalue weighted by molar-refractivity contribution is 0.0962. The highest BCUT2D eigenvalue weighted by molar-refractivity contribution is 5.95. The molecule has 0 bridgehead atoms. The van der Waals surface area contributed by atoms with Crippen LogP contribution in [0.3, 0.4) is 0 Å². The summed E-state index contributed by atoms with van der Waals surface area (Å²) in [6, 6.07) is 13.6. The van der Waals surface area contributed by atoms with E-state index in [1.54, 1.807) is 29.8 Å². The van der Waals surface area contributed by atoms with Crippen molar-refractivity contribution in [1.82, 2.24) is 20.0 Å². The minimum Gasteiger partial charge on any atom is -0.267 e. The Labute approximate surface area is 158 Å². The Hall–Kier alpha value is -3.81. The van der Waals surface area contributed by atoms with E-state index >= 15 is 0 Å². The van der Waals surface area contributed by atoms with Crippen LogP contribution in [-0.4, -0.2) is 20.5 Å². The Kier molecular flexibility index (Phi) is 4.44. The van der Waals surface area contributed by atoms with Gasteiger partial charge in [0.15, 0.2) is 5.65 Å². The first kappa shape index (κ1) is 17.6. The predicted molar refractivity (Wildman–Crippen MR) is 101 cm³/mol. The zero-order valence-electron chi connectivity index (χ0n) is 14.8. The van der Waals surface area contributed by atoms with Gasteiger partial charge in [-0.05, 0) is 54.4 Å². The number of halogens is 2. The Morgan fingerprint density at radius 1 is 1.04 bits per heavy atom. The first-order chi connectivity index (χ1) is 13.5. The van der Waals surface area contributed by atoms with Crippen molar-refractivity contribution >= 4 is 17.5 Å². The number of hydrogen-bond acceptors (Lipinski definition) is 4. The van der Waals surface area contributed by atoms with Crippen LogP contribution in [-0.2, 0) is 0 Å². The second-order valence-electron chi connectivity index (χ2n) is 6.17. The van der Waals surface area contributed by atoms with E-state index in [-0.39, 0.29) is 17.3 Å². The van der Waals surface area contributed by atoms with Gasteiger partial charge < -0.3 is 0 Å². The van der Waals surface area contributed by atoms with Gasteiger partial charge in [0.05, 0.1) is 0 Å². The highest BCUT2D eigenvalue weighted by atomic mass is 19.1. The zero-order valence-corrected chi connectivity index (χ0v) is 14.8. The van der Waals surface area contributed by atoms with Gasteiger partial charge in [0, 0.05) is 17.3 Å². The Balaban J connectivity index is 1.51. The Morgan fingerprint density at radius 2 is 1.86 bits per heavy atom. The van der Waals surface area contributed by atoms with Crippen molar-refractivity contribution < 1.29 is 13.6 Å². The molecule has 0 aliphatic carbocycles. The lowest BCUT2D eigenvalue weighted by atomic mass is 9.98. The van der Waals surface area contributed by atoms with Crippen molar-refractivity contribution in [3.05, 3.63) is 83.6 Å². The normalized spacial score (nSPS) is 10.8. The molecule has 0 fully saturated rings. The molecule has 0 atom stereocenters. The number of anilines is 1. The average Bonchev–Trinajstić information content (AvgIpc) is 3.09. The van der Waals surface area contributed by atoms with Gasteiger partial charge in [-0.25, -0.2) is 13.3 Å². The van der Waals surface area contributed by atoms with Gasteiger partial charge in [-0.15, -0.1) is 5.10 Å². The zero-order chi connectivity index (χ0) is 19.7. The number of amides is 1. The van der Waals surface area contributed by atoms with Gasteiger partial charge in [0.2, 0.25) is 0 Å². The van der Waals surface area contributed by atoms with Crippen LogP contribution in [0.1, 0.15) is 15.9 Å². The fraction of sp³-hybridized carbons (Fsp3) is 0.0500. The van der Waals surface area contributed by atoms with Crippen LogP contribution in [0.4, 0.5) is 14.7 Å². The van der Waals surface area contributed by atoms with Gasteiger partial charge in [0.25, 0.3) is 11.9 Å². The summed E-state index contributed by atoms with van der Waals surface area (Å²) in [6.45, 7) is 1.70. The molecule has 6 nitrogen and oxygen atoms in total. The number of nitrogens with zero attached hydrogens (tertiary/aromatic N) is 3. The van der Waals surface area contributed by atoms with Gasteiger partial charge in [-0.3, -0.25) is 15.6 Å². The molecule has 2 N–H and O–H groups in total. The van der Waals surface area contributed by atoms with Gasteiger partial charge in [-0.2, -0.15) is 4.98 Å². The third-order valence-corrected chi connectivity index (χ3v) is 4.24. The number of carbonyl (C=O) groups is 1. The lowest BCUT2D eigenvalue weighted by Gasteiger charge is -2.10. The summed E-state index contributed by atoms with van der Waals surface area (Å²) in [7, 11) is 0. The summed E-state index contributed by atoms with van der Waals surface area (Å²) in [5.74, 6) is -1.30. The summed E-state index contributed by atoms with van der Waals surface area (Å²) in [5, 5.41) is 4.14. The molecule has 28 heavy (non-hydrogen) atoms. The van der Waals surface area contributed by atoms with Gasteiger partial charge in [-0.1, -0.05) is 18.2 Å². The fourth-order valence-electron chi connectivity index (χ4n) is 2.87. The first-order valence-electron chi connectivity index (χ1n) is 8.45. The average molecular weight is 379 g/mol. The molecule has 0 spiro atoms. The molecule has 0 aliphatic rings. The van der Waals surface area contributed by atoms with Gasteiger partial charge >= 0.3 is 0 Å². The van der Waals surface area contributed by atoms with Crippen LogP contribution in [0, 0.1) is 18.6 Å². The highest BCUT2D eigenvalue weighted by Crippen LogP contribution is 2.27. The molecular weight excluding hydrogens is 364 g/mol. The Bertz CT molecular complexity index is 1160. The maximum absolute atomic E-state index is 14.6. The van der Waals surface area contributed by atoms with Gasteiger partial charge in [0.1, 0.15) is 11.6 Å². The monoisotopic (exact) mass is 379 g/mol. The van der Waals surface area contributed by atoms with Crippen molar-refractivity contribution in [3.8, 4) is 11.1 Å². The number of carbonyl (C=O) groups excluding carboxylic acids is 1. The minimum absolute atomic E-state index is 0.122. The van der Waals surface area contributed by atoms with E-state index in [0.717, 1.165) is 6.07 Å². The molecule has 4 rings (SSSR count). The molecule has 4 aromatic rings. The summed E-state index contributed by atoms with van der Waals surface area (Å²) in [4.78, 5) is 16.5. The Morgan fingerprint density at radius 3 is 2.61 bits per heavy atom. The molecule has 1 amide bonds. The van der Waals surface area contributed by atoms with Crippen LogP contribution in [0.15, 0.2) is 60.8 Å². The molecule has 2 aromatic carbocycles. The first-order valence-corrected chi connectivity index (χ1v) is 8.45. The van der Waals surface area contributed by atoms with Crippen LogP contribution in [0.25, 0.3) is 16.8 Å². The van der Waals surface area contributed by atoms with E-state index in [1.165, 1.54) is 30.3 Å². The summed E-state index contributed by atoms with van der Waals surface area (Å²) < 4.78 is 29.4. The highest BCUT2D eigenvalue weighted by Gasteiger charge is 2.13. The molecule has 140 valence electrons. The molecule has 2 aromatic heterocycles. The van der Waals surface area contributed by atoms with Crippen molar-refractivity contribution in [1.29, 1.82) is 0 Å². The van der Waals surface area contributed by atoms with E-state index in [0.29, 0.717) is 22.3 Å². The number of rotatable bonds is 4. The molecule has 0 aliphatic heterocycles. The number of fused-ring (bicyclic) bond motifs is 1. The quantitative estimate of drug-likeness (QED) is 0.530. The van der Waals surface area contributed by atoms with E-state index in [4.69, 9.17) is 0 Å². The van der Waals surface area contributed by atoms with Crippen molar-refractivity contribution in [2.45, 2.75) is 6.92 Å². The SMILES string of the molecule is Cc1cc(F)ccc1-c1ccc(C(=O)NNc2nc3ccccn3n2)cc1F. The number of nitrogens with one attached hydrogen (secondary N) is 2. The van der Waals surface area contributed by atoms with Crippen molar-refractivity contribution in [2.24, 2.45) is 0 Å². The number of hydrogen-bond donors (Lipinski definition) is 2. The molecule has 0 radical (unpaired) electrons. The molecule has 0 unspecified atom stereocenters.